The molecule has 0 atom stereocenters. The van der Waals surface area contributed by atoms with Gasteiger partial charge in [0.15, 0.2) is 5.60 Å². The molecule has 3 rings (SSSR count). The van der Waals surface area contributed by atoms with Gasteiger partial charge in [-0.05, 0) is 86.6 Å². The fourth-order valence-corrected chi connectivity index (χ4v) is 2.62. The predicted octanol–water partition coefficient (Wildman–Crippen LogP) is 6.58. The van der Waals surface area contributed by atoms with E-state index in [-0.39, 0.29) is 5.91 Å². The summed E-state index contributed by atoms with van der Waals surface area (Å²) in [5, 5.41) is 4.10. The normalized spacial score (nSPS) is 11.0. The predicted molar refractivity (Wildman–Crippen MR) is 113 cm³/mol. The van der Waals surface area contributed by atoms with E-state index in [0.29, 0.717) is 33.0 Å². The van der Waals surface area contributed by atoms with Gasteiger partial charge in [-0.3, -0.25) is 4.79 Å². The molecule has 0 heterocycles. The third-order valence-electron chi connectivity index (χ3n) is 3.89. The molecule has 0 spiro atoms. The molecular weight excluding hydrogens is 397 g/mol. The number of hydrogen-bond donors (Lipinski definition) is 1. The van der Waals surface area contributed by atoms with Gasteiger partial charge in [0.2, 0.25) is 0 Å². The Hall–Kier alpha value is -2.69. The minimum Gasteiger partial charge on any atom is -0.478 e. The number of amides is 1. The maximum absolute atomic E-state index is 12.6. The lowest BCUT2D eigenvalue weighted by molar-refractivity contribution is -0.128. The van der Waals surface area contributed by atoms with E-state index in [1.165, 1.54) is 0 Å². The van der Waals surface area contributed by atoms with Crippen LogP contribution in [0.3, 0.4) is 0 Å². The van der Waals surface area contributed by atoms with Crippen molar-refractivity contribution in [1.82, 2.24) is 0 Å². The monoisotopic (exact) mass is 415 g/mol. The standard InChI is InChI=1S/C22H19Cl2NO3/c1-22(2,28-20-11-5-16(24)6-12-20)21(26)25-17-7-13-19(14-8-17)27-18-9-3-15(23)4-10-18/h3-14H,1-2H3,(H,25,26). The van der Waals surface area contributed by atoms with E-state index in [4.69, 9.17) is 32.7 Å². The first kappa shape index (κ1) is 20.1. The first-order valence-corrected chi connectivity index (χ1v) is 9.37. The Labute approximate surface area is 174 Å². The SMILES string of the molecule is CC(C)(Oc1ccc(Cl)cc1)C(=O)Nc1ccc(Oc2ccc(Cl)cc2)cc1. The molecule has 0 aliphatic heterocycles. The summed E-state index contributed by atoms with van der Waals surface area (Å²) in [7, 11) is 0. The molecule has 4 nitrogen and oxygen atoms in total. The van der Waals surface area contributed by atoms with Gasteiger partial charge in [-0.1, -0.05) is 23.2 Å². The van der Waals surface area contributed by atoms with Crippen LogP contribution in [0.25, 0.3) is 0 Å². The lowest BCUT2D eigenvalue weighted by Crippen LogP contribution is -2.42. The Morgan fingerprint density at radius 2 is 1.18 bits per heavy atom. The second-order valence-electron chi connectivity index (χ2n) is 6.60. The summed E-state index contributed by atoms with van der Waals surface area (Å²) >= 11 is 11.7. The summed E-state index contributed by atoms with van der Waals surface area (Å²) in [5.41, 5.74) is -0.423. The van der Waals surface area contributed by atoms with Crippen LogP contribution in [0, 0.1) is 0 Å². The Kier molecular flexibility index (Phi) is 6.12. The summed E-state index contributed by atoms with van der Waals surface area (Å²) in [6, 6.07) is 21.0. The molecule has 144 valence electrons. The summed E-state index contributed by atoms with van der Waals surface area (Å²) < 4.78 is 11.5. The number of nitrogens with one attached hydrogen (secondary N) is 1. The van der Waals surface area contributed by atoms with Gasteiger partial charge in [-0.15, -0.1) is 0 Å². The third kappa shape index (κ3) is 5.41. The highest BCUT2D eigenvalue weighted by Gasteiger charge is 2.30. The molecule has 0 saturated heterocycles. The van der Waals surface area contributed by atoms with Gasteiger partial charge in [0.1, 0.15) is 17.2 Å². The molecule has 0 aliphatic rings. The van der Waals surface area contributed by atoms with E-state index in [0.717, 1.165) is 0 Å². The number of anilines is 1. The highest BCUT2D eigenvalue weighted by Crippen LogP contribution is 2.26. The van der Waals surface area contributed by atoms with Crippen LogP contribution in [-0.4, -0.2) is 11.5 Å². The van der Waals surface area contributed by atoms with Crippen molar-refractivity contribution in [2.45, 2.75) is 19.4 Å². The molecule has 3 aromatic rings. The number of carbonyl (C=O) groups is 1. The quantitative estimate of drug-likeness (QED) is 0.494. The number of benzene rings is 3. The van der Waals surface area contributed by atoms with Gasteiger partial charge >= 0.3 is 0 Å². The molecule has 0 bridgehead atoms. The van der Waals surface area contributed by atoms with Crippen LogP contribution in [0.5, 0.6) is 17.2 Å². The van der Waals surface area contributed by atoms with Crippen LogP contribution in [0.15, 0.2) is 72.8 Å². The van der Waals surface area contributed by atoms with Crippen molar-refractivity contribution in [2.75, 3.05) is 5.32 Å². The largest absolute Gasteiger partial charge is 0.478 e. The number of rotatable bonds is 6. The van der Waals surface area contributed by atoms with Crippen LogP contribution >= 0.6 is 23.2 Å². The van der Waals surface area contributed by atoms with Gasteiger partial charge in [0.25, 0.3) is 5.91 Å². The Morgan fingerprint density at radius 1 is 0.750 bits per heavy atom. The zero-order valence-electron chi connectivity index (χ0n) is 15.4. The van der Waals surface area contributed by atoms with Gasteiger partial charge in [-0.25, -0.2) is 0 Å². The summed E-state index contributed by atoms with van der Waals surface area (Å²) in [6.45, 7) is 3.41. The molecule has 0 fully saturated rings. The van der Waals surface area contributed by atoms with Crippen molar-refractivity contribution >= 4 is 34.8 Å². The molecule has 28 heavy (non-hydrogen) atoms. The fourth-order valence-electron chi connectivity index (χ4n) is 2.37. The second kappa shape index (κ2) is 8.55. The van der Waals surface area contributed by atoms with E-state index in [9.17, 15) is 4.79 Å². The Balaban J connectivity index is 1.61. The van der Waals surface area contributed by atoms with Crippen LogP contribution in [0.1, 0.15) is 13.8 Å². The highest BCUT2D eigenvalue weighted by atomic mass is 35.5. The van der Waals surface area contributed by atoms with Crippen molar-refractivity contribution in [3.63, 3.8) is 0 Å². The lowest BCUT2D eigenvalue weighted by Gasteiger charge is -2.25. The maximum atomic E-state index is 12.6. The van der Waals surface area contributed by atoms with Crippen LogP contribution in [0.4, 0.5) is 5.69 Å². The zero-order valence-corrected chi connectivity index (χ0v) is 16.9. The molecule has 1 N–H and O–H groups in total. The van der Waals surface area contributed by atoms with Crippen LogP contribution < -0.4 is 14.8 Å². The molecule has 0 aliphatic carbocycles. The first-order chi connectivity index (χ1) is 13.3. The number of halogens is 2. The van der Waals surface area contributed by atoms with Crippen molar-refractivity contribution in [3.8, 4) is 17.2 Å². The molecule has 1 amide bonds. The van der Waals surface area contributed by atoms with E-state index in [1.807, 2.05) is 0 Å². The van der Waals surface area contributed by atoms with Crippen molar-refractivity contribution in [1.29, 1.82) is 0 Å². The van der Waals surface area contributed by atoms with Gasteiger partial charge in [0.05, 0.1) is 0 Å². The Bertz CT molecular complexity index is 937. The summed E-state index contributed by atoms with van der Waals surface area (Å²) in [4.78, 5) is 12.6. The van der Waals surface area contributed by atoms with E-state index >= 15 is 0 Å². The van der Waals surface area contributed by atoms with Crippen molar-refractivity contribution < 1.29 is 14.3 Å². The summed E-state index contributed by atoms with van der Waals surface area (Å²) in [6.07, 6.45) is 0. The summed E-state index contributed by atoms with van der Waals surface area (Å²) in [5.74, 6) is 1.63. The molecule has 0 aromatic heterocycles. The molecular formula is C22H19Cl2NO3. The van der Waals surface area contributed by atoms with Crippen molar-refractivity contribution in [3.05, 3.63) is 82.8 Å². The number of hydrogen-bond acceptors (Lipinski definition) is 3. The minimum atomic E-state index is -1.06. The van der Waals surface area contributed by atoms with Crippen molar-refractivity contribution in [2.24, 2.45) is 0 Å². The second-order valence-corrected chi connectivity index (χ2v) is 7.47. The molecule has 0 unspecified atom stereocenters. The minimum absolute atomic E-state index is 0.270. The molecule has 0 saturated carbocycles. The van der Waals surface area contributed by atoms with Crippen LogP contribution in [0.2, 0.25) is 10.0 Å². The van der Waals surface area contributed by atoms with E-state index in [2.05, 4.69) is 5.32 Å². The van der Waals surface area contributed by atoms with E-state index < -0.39 is 5.60 Å². The Morgan fingerprint density at radius 3 is 1.68 bits per heavy atom. The van der Waals surface area contributed by atoms with Crippen LogP contribution in [-0.2, 0) is 4.79 Å². The molecule has 6 heteroatoms. The smallest absolute Gasteiger partial charge is 0.267 e. The lowest BCUT2D eigenvalue weighted by atomic mass is 10.1. The first-order valence-electron chi connectivity index (χ1n) is 8.61. The average Bonchev–Trinajstić information content (AvgIpc) is 2.67. The maximum Gasteiger partial charge on any atom is 0.267 e. The van der Waals surface area contributed by atoms with Gasteiger partial charge < -0.3 is 14.8 Å². The third-order valence-corrected chi connectivity index (χ3v) is 4.40. The van der Waals surface area contributed by atoms with E-state index in [1.54, 1.807) is 86.6 Å². The number of carbonyl (C=O) groups excluding carboxylic acids is 1. The highest BCUT2D eigenvalue weighted by molar-refractivity contribution is 6.30. The average molecular weight is 416 g/mol. The van der Waals surface area contributed by atoms with Gasteiger partial charge in [0, 0.05) is 15.7 Å². The molecule has 0 radical (unpaired) electrons. The fraction of sp³-hybridized carbons (Fsp3) is 0.136. The van der Waals surface area contributed by atoms with Gasteiger partial charge in [-0.2, -0.15) is 0 Å². The topological polar surface area (TPSA) is 47.6 Å². The molecule has 3 aromatic carbocycles. The number of ether oxygens (including phenoxy) is 2. The zero-order chi connectivity index (χ0) is 20.1.